The summed E-state index contributed by atoms with van der Waals surface area (Å²) in [7, 11) is 1.32. The highest BCUT2D eigenvalue weighted by molar-refractivity contribution is 5.94. The van der Waals surface area contributed by atoms with Crippen molar-refractivity contribution in [2.75, 3.05) is 20.2 Å². The van der Waals surface area contributed by atoms with E-state index in [0.717, 1.165) is 43.5 Å². The first-order chi connectivity index (χ1) is 14.5. The lowest BCUT2D eigenvalue weighted by atomic mass is 10.0. The van der Waals surface area contributed by atoms with E-state index in [1.807, 2.05) is 49.1 Å². The molecule has 1 amide bonds. The number of amides is 1. The van der Waals surface area contributed by atoms with Gasteiger partial charge in [-0.1, -0.05) is 44.2 Å². The molecule has 2 aromatic rings. The van der Waals surface area contributed by atoms with E-state index in [4.69, 9.17) is 9.84 Å². The zero-order valence-electron chi connectivity index (χ0n) is 18.0. The molecule has 7 nitrogen and oxygen atoms in total. The zero-order valence-corrected chi connectivity index (χ0v) is 18.0. The molecule has 0 atom stereocenters. The number of carbonyl (C=O) groups is 2. The van der Waals surface area contributed by atoms with Crippen LogP contribution in [0.25, 0.3) is 0 Å². The molecule has 1 aliphatic heterocycles. The number of carbonyl (C=O) groups excluding carboxylic acids is 2. The molecule has 1 fully saturated rings. The summed E-state index contributed by atoms with van der Waals surface area (Å²) in [4.78, 5) is 26.1. The first kappa shape index (κ1) is 23.5. The number of ether oxygens (including phenoxy) is 1. The maximum atomic E-state index is 12.5. The van der Waals surface area contributed by atoms with Crippen LogP contribution < -0.4 is 0 Å². The maximum Gasteiger partial charge on any atom is 0.358 e. The van der Waals surface area contributed by atoms with Crippen LogP contribution in [0.4, 0.5) is 0 Å². The third-order valence-electron chi connectivity index (χ3n) is 4.77. The van der Waals surface area contributed by atoms with Crippen molar-refractivity contribution in [3.63, 3.8) is 0 Å². The molecule has 2 heterocycles. The molecule has 0 unspecified atom stereocenters. The van der Waals surface area contributed by atoms with E-state index in [9.17, 15) is 9.59 Å². The summed E-state index contributed by atoms with van der Waals surface area (Å²) in [5.74, 6) is -0.278. The molecule has 0 spiro atoms. The Kier molecular flexibility index (Phi) is 9.41. The summed E-state index contributed by atoms with van der Waals surface area (Å²) >= 11 is 0. The molecule has 7 heteroatoms. The van der Waals surface area contributed by atoms with Crippen molar-refractivity contribution in [3.05, 3.63) is 58.9 Å². The quantitative estimate of drug-likeness (QED) is 0.757. The number of aliphatic hydroxyl groups excluding tert-OH is 1. The Morgan fingerprint density at radius 1 is 1.10 bits per heavy atom. The molecule has 1 aromatic heterocycles. The van der Waals surface area contributed by atoms with E-state index in [1.54, 1.807) is 6.07 Å². The first-order valence-corrected chi connectivity index (χ1v) is 10.3. The molecular formula is C23H31N3O4. The van der Waals surface area contributed by atoms with Crippen molar-refractivity contribution in [2.24, 2.45) is 5.92 Å². The molecule has 1 N–H and O–H groups in total. The van der Waals surface area contributed by atoms with Crippen LogP contribution in [0.3, 0.4) is 0 Å². The number of hydrogen-bond acceptors (Lipinski definition) is 6. The van der Waals surface area contributed by atoms with Gasteiger partial charge in [-0.3, -0.25) is 4.79 Å². The van der Waals surface area contributed by atoms with Crippen LogP contribution >= 0.6 is 0 Å². The number of hydrogen-bond donors (Lipinski definition) is 1. The molecule has 162 valence electrons. The summed E-state index contributed by atoms with van der Waals surface area (Å²) in [5.41, 5.74) is 2.20. The molecule has 3 rings (SSSR count). The fourth-order valence-electron chi connectivity index (χ4n) is 3.24. The predicted molar refractivity (Wildman–Crippen MR) is 114 cm³/mol. The van der Waals surface area contributed by atoms with E-state index in [1.165, 1.54) is 7.11 Å². The van der Waals surface area contributed by atoms with Gasteiger partial charge in [-0.15, -0.1) is 10.2 Å². The van der Waals surface area contributed by atoms with Gasteiger partial charge in [0.05, 0.1) is 13.7 Å². The number of aliphatic hydroxyl groups is 1. The van der Waals surface area contributed by atoms with Crippen LogP contribution in [0, 0.1) is 5.92 Å². The number of piperidine rings is 1. The summed E-state index contributed by atoms with van der Waals surface area (Å²) in [5, 5.41) is 16.4. The summed E-state index contributed by atoms with van der Waals surface area (Å²) in [6.45, 7) is 5.76. The lowest BCUT2D eigenvalue weighted by Crippen LogP contribution is -2.36. The lowest BCUT2D eigenvalue weighted by Gasteiger charge is -2.26. The van der Waals surface area contributed by atoms with Gasteiger partial charge in [-0.2, -0.15) is 0 Å². The van der Waals surface area contributed by atoms with E-state index in [0.29, 0.717) is 18.0 Å². The smallest absolute Gasteiger partial charge is 0.358 e. The third kappa shape index (κ3) is 6.91. The second-order valence-electron chi connectivity index (χ2n) is 7.69. The fraction of sp³-hybridized carbons (Fsp3) is 0.478. The highest BCUT2D eigenvalue weighted by Gasteiger charge is 2.23. The number of nitrogens with zero attached hydrogens (tertiary/aromatic N) is 3. The molecule has 0 saturated carbocycles. The van der Waals surface area contributed by atoms with Crippen LogP contribution in [0.1, 0.15) is 65.2 Å². The average molecular weight is 414 g/mol. The highest BCUT2D eigenvalue weighted by Crippen LogP contribution is 2.17. The van der Waals surface area contributed by atoms with Crippen LogP contribution in [-0.4, -0.2) is 52.3 Å². The number of aromatic nitrogens is 2. The molecule has 1 aromatic carbocycles. The normalized spacial score (nSPS) is 13.4. The average Bonchev–Trinajstić information content (AvgIpc) is 2.79. The Labute approximate surface area is 178 Å². The summed E-state index contributed by atoms with van der Waals surface area (Å²) < 4.78 is 4.74. The van der Waals surface area contributed by atoms with E-state index < -0.39 is 5.97 Å². The van der Waals surface area contributed by atoms with Crippen LogP contribution in [0.15, 0.2) is 36.4 Å². The SMILES string of the molecule is COC(=O)c1nnc(C(=O)N2CCCCC2)cc1CC(C)C.OCc1ccccc1. The van der Waals surface area contributed by atoms with Gasteiger partial charge in [-0.05, 0) is 48.8 Å². The minimum Gasteiger partial charge on any atom is -0.464 e. The molecular weight excluding hydrogens is 382 g/mol. The van der Waals surface area contributed by atoms with Crippen molar-refractivity contribution in [3.8, 4) is 0 Å². The van der Waals surface area contributed by atoms with Crippen molar-refractivity contribution < 1.29 is 19.4 Å². The van der Waals surface area contributed by atoms with E-state index in [-0.39, 0.29) is 18.2 Å². The van der Waals surface area contributed by atoms with Gasteiger partial charge in [0.2, 0.25) is 0 Å². The van der Waals surface area contributed by atoms with Gasteiger partial charge in [0, 0.05) is 13.1 Å². The Morgan fingerprint density at radius 2 is 1.77 bits per heavy atom. The molecule has 0 aliphatic carbocycles. The lowest BCUT2D eigenvalue weighted by molar-refractivity contribution is 0.0588. The molecule has 0 radical (unpaired) electrons. The standard InChI is InChI=1S/C16H23N3O3.C7H8O/c1-11(2)9-12-10-13(17-18-14(12)16(21)22-3)15(20)19-7-5-4-6-8-19;8-6-7-4-2-1-3-5-7/h10-11H,4-9H2,1-3H3;1-5,8H,6H2. The molecule has 1 aliphatic rings. The topological polar surface area (TPSA) is 92.6 Å². The zero-order chi connectivity index (χ0) is 21.9. The van der Waals surface area contributed by atoms with Gasteiger partial charge < -0.3 is 14.7 Å². The molecule has 1 saturated heterocycles. The Balaban J connectivity index is 0.000000335. The summed E-state index contributed by atoms with van der Waals surface area (Å²) in [6.07, 6.45) is 3.87. The van der Waals surface area contributed by atoms with Gasteiger partial charge in [0.1, 0.15) is 0 Å². The fourth-order valence-corrected chi connectivity index (χ4v) is 3.24. The number of methoxy groups -OCH3 is 1. The van der Waals surface area contributed by atoms with Crippen LogP contribution in [0.5, 0.6) is 0 Å². The third-order valence-corrected chi connectivity index (χ3v) is 4.77. The van der Waals surface area contributed by atoms with Crippen molar-refractivity contribution in [1.82, 2.24) is 15.1 Å². The Bertz CT molecular complexity index is 818. The van der Waals surface area contributed by atoms with Crippen molar-refractivity contribution in [2.45, 2.75) is 46.1 Å². The van der Waals surface area contributed by atoms with Crippen LogP contribution in [-0.2, 0) is 17.8 Å². The minimum atomic E-state index is -0.514. The predicted octanol–water partition coefficient (Wildman–Crippen LogP) is 3.27. The number of esters is 1. The Morgan fingerprint density at radius 3 is 2.30 bits per heavy atom. The number of likely N-dealkylation sites (tertiary alicyclic amines) is 1. The van der Waals surface area contributed by atoms with Crippen molar-refractivity contribution in [1.29, 1.82) is 0 Å². The Hall–Kier alpha value is -2.80. The summed E-state index contributed by atoms with van der Waals surface area (Å²) in [6, 6.07) is 11.2. The van der Waals surface area contributed by atoms with E-state index >= 15 is 0 Å². The van der Waals surface area contributed by atoms with Gasteiger partial charge >= 0.3 is 5.97 Å². The second kappa shape index (κ2) is 12.0. The van der Waals surface area contributed by atoms with Gasteiger partial charge in [0.25, 0.3) is 5.91 Å². The minimum absolute atomic E-state index is 0.103. The monoisotopic (exact) mass is 413 g/mol. The van der Waals surface area contributed by atoms with Crippen molar-refractivity contribution >= 4 is 11.9 Å². The molecule has 30 heavy (non-hydrogen) atoms. The first-order valence-electron chi connectivity index (χ1n) is 10.3. The van der Waals surface area contributed by atoms with Gasteiger partial charge in [-0.25, -0.2) is 4.79 Å². The maximum absolute atomic E-state index is 12.5. The largest absolute Gasteiger partial charge is 0.464 e. The highest BCUT2D eigenvalue weighted by atomic mass is 16.5. The number of benzene rings is 1. The molecule has 0 bridgehead atoms. The van der Waals surface area contributed by atoms with E-state index in [2.05, 4.69) is 10.2 Å². The second-order valence-corrected chi connectivity index (χ2v) is 7.69. The number of rotatable bonds is 5. The van der Waals surface area contributed by atoms with Crippen LogP contribution in [0.2, 0.25) is 0 Å². The van der Waals surface area contributed by atoms with Gasteiger partial charge in [0.15, 0.2) is 11.4 Å².